The number of hydrogen-bond donors (Lipinski definition) is 5. The maximum Gasteiger partial charge on any atom is 0.404 e. The number of hydrogen-bond acceptors (Lipinski definition) is 9. The summed E-state index contributed by atoms with van der Waals surface area (Å²) in [5.74, 6) is 0.0986. The number of likely N-dealkylation sites (tertiary alicyclic amines) is 1. The molecule has 0 saturated carbocycles. The van der Waals surface area contributed by atoms with Crippen LogP contribution in [0.3, 0.4) is 0 Å². The number of nitrogens with one attached hydrogen (secondary N) is 4. The van der Waals surface area contributed by atoms with E-state index in [4.69, 9.17) is 19.9 Å². The Bertz CT molecular complexity index is 1030. The molecule has 254 valence electrons. The normalized spacial score (nSPS) is 15.0. The molecular weight excluding hydrogens is 580 g/mol. The quantitative estimate of drug-likeness (QED) is 0.127. The number of piperidine rings is 1. The van der Waals surface area contributed by atoms with Crippen LogP contribution in [-0.4, -0.2) is 99.4 Å². The van der Waals surface area contributed by atoms with Gasteiger partial charge in [-0.05, 0) is 49.8 Å². The molecule has 0 spiro atoms. The predicted octanol–water partition coefficient (Wildman–Crippen LogP) is 2.14. The largest absolute Gasteiger partial charge is 0.445 e. The monoisotopic (exact) mass is 634 g/mol. The van der Waals surface area contributed by atoms with Crippen LogP contribution >= 0.6 is 0 Å². The summed E-state index contributed by atoms with van der Waals surface area (Å²) in [7, 11) is 0. The Morgan fingerprint density at radius 1 is 0.956 bits per heavy atom. The van der Waals surface area contributed by atoms with E-state index in [9.17, 15) is 19.2 Å². The molecule has 0 aromatic heterocycles. The molecular formula is C32H54N6O7. The highest BCUT2D eigenvalue weighted by molar-refractivity contribution is 5.94. The number of rotatable bonds is 21. The number of benzene rings is 1. The number of nitrogens with two attached hydrogens (primary N) is 1. The first-order valence-electron chi connectivity index (χ1n) is 16.1. The van der Waals surface area contributed by atoms with E-state index in [-0.39, 0.29) is 42.7 Å². The Labute approximate surface area is 267 Å². The summed E-state index contributed by atoms with van der Waals surface area (Å²) in [6, 6.07) is 6.69. The number of amides is 4. The summed E-state index contributed by atoms with van der Waals surface area (Å²) in [6.45, 7) is 12.5. The Balaban J connectivity index is 1.53. The number of nitrogens with zero attached hydrogens (tertiary/aromatic N) is 1. The minimum absolute atomic E-state index is 0.0635. The standard InChI is InChI=1S/C32H54N6O7/c1-5-6-30(40)38-15-11-26(12-16-38)34-14-18-44-20-19-43-17-13-29(39)37-28(23(2)3)21-35-24(4)31(41)36-27-9-7-25(8-10-27)22-45-32(33)42/h7-10,23-24,26,28,34-35H,5-6,11-22H2,1-4H3,(H2,33,42)(H,36,41)(H,37,39)/t24-,28+/m0/s1. The molecule has 1 saturated heterocycles. The maximum atomic E-state index is 12.6. The lowest BCUT2D eigenvalue weighted by atomic mass is 10.0. The summed E-state index contributed by atoms with van der Waals surface area (Å²) in [6.07, 6.45) is 2.86. The molecule has 6 N–H and O–H groups in total. The van der Waals surface area contributed by atoms with Crippen molar-refractivity contribution in [2.75, 3.05) is 57.9 Å². The van der Waals surface area contributed by atoms with Gasteiger partial charge in [-0.1, -0.05) is 32.9 Å². The summed E-state index contributed by atoms with van der Waals surface area (Å²) in [5, 5.41) is 12.6. The number of primary amides is 1. The second-order valence-corrected chi connectivity index (χ2v) is 11.7. The molecule has 13 heteroatoms. The molecule has 0 unspecified atom stereocenters. The Morgan fingerprint density at radius 3 is 2.24 bits per heavy atom. The highest BCUT2D eigenvalue weighted by atomic mass is 16.5. The van der Waals surface area contributed by atoms with Crippen LogP contribution in [0.15, 0.2) is 24.3 Å². The van der Waals surface area contributed by atoms with Gasteiger partial charge in [-0.2, -0.15) is 0 Å². The molecule has 1 fully saturated rings. The molecule has 0 aliphatic carbocycles. The van der Waals surface area contributed by atoms with Crippen molar-refractivity contribution in [1.29, 1.82) is 0 Å². The predicted molar refractivity (Wildman–Crippen MR) is 172 cm³/mol. The van der Waals surface area contributed by atoms with Crippen molar-refractivity contribution >= 4 is 29.5 Å². The lowest BCUT2D eigenvalue weighted by Gasteiger charge is -2.32. The lowest BCUT2D eigenvalue weighted by molar-refractivity contribution is -0.132. The van der Waals surface area contributed by atoms with Gasteiger partial charge in [-0.15, -0.1) is 0 Å². The number of anilines is 1. The van der Waals surface area contributed by atoms with Gasteiger partial charge in [0.2, 0.25) is 17.7 Å². The summed E-state index contributed by atoms with van der Waals surface area (Å²) in [5.41, 5.74) is 6.34. The smallest absolute Gasteiger partial charge is 0.404 e. The molecule has 2 atom stereocenters. The van der Waals surface area contributed by atoms with Crippen LogP contribution in [0, 0.1) is 5.92 Å². The minimum atomic E-state index is -0.844. The first-order valence-corrected chi connectivity index (χ1v) is 16.1. The van der Waals surface area contributed by atoms with E-state index in [1.54, 1.807) is 31.2 Å². The van der Waals surface area contributed by atoms with Crippen molar-refractivity contribution in [2.45, 2.75) is 84.5 Å². The zero-order chi connectivity index (χ0) is 33.0. The molecule has 1 aromatic rings. The Kier molecular flexibility index (Phi) is 18.1. The van der Waals surface area contributed by atoms with Gasteiger partial charge in [0.15, 0.2) is 0 Å². The van der Waals surface area contributed by atoms with E-state index in [0.717, 1.165) is 44.5 Å². The van der Waals surface area contributed by atoms with Gasteiger partial charge in [0.05, 0.1) is 32.5 Å². The van der Waals surface area contributed by atoms with Crippen LogP contribution in [0.4, 0.5) is 10.5 Å². The van der Waals surface area contributed by atoms with E-state index in [2.05, 4.69) is 21.3 Å². The van der Waals surface area contributed by atoms with Crippen LogP contribution < -0.4 is 27.0 Å². The van der Waals surface area contributed by atoms with Crippen molar-refractivity contribution in [2.24, 2.45) is 11.7 Å². The zero-order valence-electron chi connectivity index (χ0n) is 27.4. The molecule has 1 heterocycles. The number of carbonyl (C=O) groups is 4. The molecule has 4 amide bonds. The van der Waals surface area contributed by atoms with E-state index in [0.29, 0.717) is 51.1 Å². The molecule has 13 nitrogen and oxygen atoms in total. The van der Waals surface area contributed by atoms with Crippen LogP contribution in [0.5, 0.6) is 0 Å². The van der Waals surface area contributed by atoms with Crippen LogP contribution in [0.1, 0.15) is 65.4 Å². The van der Waals surface area contributed by atoms with E-state index in [1.165, 1.54) is 0 Å². The molecule has 1 aliphatic rings. The maximum absolute atomic E-state index is 12.6. The van der Waals surface area contributed by atoms with Crippen molar-refractivity contribution < 1.29 is 33.4 Å². The van der Waals surface area contributed by atoms with Crippen molar-refractivity contribution in [3.05, 3.63) is 29.8 Å². The number of carbonyl (C=O) groups excluding carboxylic acids is 4. The first-order chi connectivity index (χ1) is 21.6. The van der Waals surface area contributed by atoms with Crippen molar-refractivity contribution in [3.63, 3.8) is 0 Å². The van der Waals surface area contributed by atoms with Crippen molar-refractivity contribution in [3.8, 4) is 0 Å². The average Bonchev–Trinajstić information content (AvgIpc) is 3.01. The molecule has 1 aromatic carbocycles. The first kappa shape index (κ1) is 37.9. The lowest BCUT2D eigenvalue weighted by Crippen LogP contribution is -2.49. The average molecular weight is 635 g/mol. The van der Waals surface area contributed by atoms with Crippen LogP contribution in [0.25, 0.3) is 0 Å². The van der Waals surface area contributed by atoms with Gasteiger partial charge in [-0.3, -0.25) is 14.4 Å². The molecule has 0 bridgehead atoms. The fourth-order valence-corrected chi connectivity index (χ4v) is 4.75. The van der Waals surface area contributed by atoms with Crippen LogP contribution in [0.2, 0.25) is 0 Å². The van der Waals surface area contributed by atoms with Crippen LogP contribution in [-0.2, 0) is 35.2 Å². The summed E-state index contributed by atoms with van der Waals surface area (Å²) >= 11 is 0. The van der Waals surface area contributed by atoms with Crippen molar-refractivity contribution in [1.82, 2.24) is 20.9 Å². The Hall–Kier alpha value is -3.26. The third-order valence-electron chi connectivity index (χ3n) is 7.63. The fourth-order valence-electron chi connectivity index (χ4n) is 4.75. The zero-order valence-corrected chi connectivity index (χ0v) is 27.4. The third kappa shape index (κ3) is 16.0. The second-order valence-electron chi connectivity index (χ2n) is 11.7. The highest BCUT2D eigenvalue weighted by Gasteiger charge is 2.22. The summed E-state index contributed by atoms with van der Waals surface area (Å²) in [4.78, 5) is 49.8. The number of ether oxygens (including phenoxy) is 3. The molecule has 1 aliphatic heterocycles. The van der Waals surface area contributed by atoms with Gasteiger partial charge < -0.3 is 46.1 Å². The molecule has 0 radical (unpaired) electrons. The fraction of sp³-hybridized carbons (Fsp3) is 0.688. The topological polar surface area (TPSA) is 173 Å². The second kappa shape index (κ2) is 21.5. The van der Waals surface area contributed by atoms with Gasteiger partial charge in [0.25, 0.3) is 0 Å². The third-order valence-corrected chi connectivity index (χ3v) is 7.63. The van der Waals surface area contributed by atoms with Gasteiger partial charge in [0, 0.05) is 56.8 Å². The minimum Gasteiger partial charge on any atom is -0.445 e. The molecule has 45 heavy (non-hydrogen) atoms. The Morgan fingerprint density at radius 2 is 1.62 bits per heavy atom. The van der Waals surface area contributed by atoms with Gasteiger partial charge in [-0.25, -0.2) is 4.79 Å². The summed E-state index contributed by atoms with van der Waals surface area (Å²) < 4.78 is 16.0. The van der Waals surface area contributed by atoms with Gasteiger partial charge in [0.1, 0.15) is 6.61 Å². The van der Waals surface area contributed by atoms with E-state index in [1.807, 2.05) is 25.7 Å². The molecule has 2 rings (SSSR count). The van der Waals surface area contributed by atoms with E-state index < -0.39 is 12.1 Å². The SMILES string of the molecule is CCCC(=O)N1CCC(NCCOCCOCCC(=O)N[C@H](CN[C@@H](C)C(=O)Nc2ccc(COC(N)=O)cc2)C(C)C)CC1. The van der Waals surface area contributed by atoms with Gasteiger partial charge >= 0.3 is 6.09 Å². The van der Waals surface area contributed by atoms with E-state index >= 15 is 0 Å². The highest BCUT2D eigenvalue weighted by Crippen LogP contribution is 2.13.